The van der Waals surface area contributed by atoms with Crippen molar-refractivity contribution in [3.63, 3.8) is 0 Å². The normalized spacial score (nSPS) is 12.0. The number of nitrogens with one attached hydrogen (secondary N) is 1. The molecular formula is C12H11F3N6. The van der Waals surface area contributed by atoms with E-state index in [1.54, 1.807) is 24.2 Å². The topological polar surface area (TPSA) is 62.1 Å². The molecule has 0 atom stereocenters. The van der Waals surface area contributed by atoms with Crippen LogP contribution in [0.2, 0.25) is 0 Å². The fraction of sp³-hybridized carbons (Fsp3) is 0.250. The minimum Gasteiger partial charge on any atom is -0.352 e. The molecule has 21 heavy (non-hydrogen) atoms. The average Bonchev–Trinajstić information content (AvgIpc) is 3.05. The van der Waals surface area contributed by atoms with Gasteiger partial charge < -0.3 is 4.90 Å². The van der Waals surface area contributed by atoms with Crippen LogP contribution in [0, 0.1) is 0 Å². The first-order chi connectivity index (χ1) is 9.95. The Morgan fingerprint density at radius 3 is 2.81 bits per heavy atom. The number of hydrogen-bond donors (Lipinski definition) is 1. The van der Waals surface area contributed by atoms with Gasteiger partial charge in [0.05, 0.1) is 12.2 Å². The summed E-state index contributed by atoms with van der Waals surface area (Å²) in [5.41, 5.74) is 0.190. The number of anilines is 1. The van der Waals surface area contributed by atoms with Gasteiger partial charge in [0.25, 0.3) is 0 Å². The summed E-state index contributed by atoms with van der Waals surface area (Å²) in [5.74, 6) is 0.412. The van der Waals surface area contributed by atoms with E-state index in [4.69, 9.17) is 0 Å². The van der Waals surface area contributed by atoms with Crippen molar-refractivity contribution in [3.8, 4) is 0 Å². The molecule has 3 aromatic heterocycles. The van der Waals surface area contributed by atoms with E-state index in [1.807, 2.05) is 0 Å². The van der Waals surface area contributed by atoms with Crippen LogP contribution in [0.5, 0.6) is 0 Å². The maximum atomic E-state index is 12.7. The number of rotatable bonds is 3. The Kier molecular flexibility index (Phi) is 3.04. The molecule has 0 unspecified atom stereocenters. The Bertz CT molecular complexity index is 746. The first-order valence-electron chi connectivity index (χ1n) is 6.06. The van der Waals surface area contributed by atoms with Gasteiger partial charge in [-0.3, -0.25) is 5.10 Å². The summed E-state index contributed by atoms with van der Waals surface area (Å²) in [6, 6.07) is 2.78. The highest BCUT2D eigenvalue weighted by Crippen LogP contribution is 2.30. The number of aromatic nitrogens is 5. The van der Waals surface area contributed by atoms with Crippen molar-refractivity contribution in [3.05, 3.63) is 42.1 Å². The molecule has 0 amide bonds. The van der Waals surface area contributed by atoms with Crippen molar-refractivity contribution < 1.29 is 13.2 Å². The van der Waals surface area contributed by atoms with Crippen LogP contribution in [0.25, 0.3) is 5.52 Å². The molecule has 0 saturated carbocycles. The Balaban J connectivity index is 2.00. The van der Waals surface area contributed by atoms with Crippen LogP contribution in [-0.2, 0) is 12.7 Å². The second kappa shape index (κ2) is 4.76. The lowest BCUT2D eigenvalue weighted by atomic mass is 10.3. The lowest BCUT2D eigenvalue weighted by Crippen LogP contribution is -2.18. The van der Waals surface area contributed by atoms with Gasteiger partial charge in [-0.1, -0.05) is 0 Å². The van der Waals surface area contributed by atoms with Crippen molar-refractivity contribution >= 4 is 11.3 Å². The lowest BCUT2D eigenvalue weighted by molar-refractivity contribution is -0.141. The Labute approximate surface area is 117 Å². The van der Waals surface area contributed by atoms with Crippen molar-refractivity contribution in [2.45, 2.75) is 12.7 Å². The average molecular weight is 296 g/mol. The van der Waals surface area contributed by atoms with Gasteiger partial charge in [-0.15, -0.1) is 0 Å². The number of fused-ring (bicyclic) bond motifs is 1. The molecule has 0 aromatic carbocycles. The summed E-state index contributed by atoms with van der Waals surface area (Å²) in [6.07, 6.45) is -0.0694. The number of alkyl halides is 3. The van der Waals surface area contributed by atoms with E-state index in [0.29, 0.717) is 17.9 Å². The first-order valence-corrected chi connectivity index (χ1v) is 6.06. The van der Waals surface area contributed by atoms with Crippen LogP contribution in [-0.4, -0.2) is 31.8 Å². The molecule has 0 saturated heterocycles. The SMILES string of the molecule is CN(Cc1ccn[nH]1)c1nccn2nc(C(F)(F)F)cc12. The molecular weight excluding hydrogens is 285 g/mol. The van der Waals surface area contributed by atoms with Crippen LogP contribution in [0.15, 0.2) is 30.7 Å². The second-order valence-corrected chi connectivity index (χ2v) is 4.55. The van der Waals surface area contributed by atoms with Gasteiger partial charge in [-0.05, 0) is 6.07 Å². The third kappa shape index (κ3) is 2.54. The van der Waals surface area contributed by atoms with Gasteiger partial charge in [0.1, 0.15) is 5.52 Å². The molecule has 3 aromatic rings. The zero-order chi connectivity index (χ0) is 15.0. The largest absolute Gasteiger partial charge is 0.435 e. The van der Waals surface area contributed by atoms with Crippen LogP contribution >= 0.6 is 0 Å². The van der Waals surface area contributed by atoms with E-state index in [0.717, 1.165) is 11.8 Å². The molecule has 0 bridgehead atoms. The molecule has 3 heterocycles. The van der Waals surface area contributed by atoms with Crippen LogP contribution < -0.4 is 4.90 Å². The monoisotopic (exact) mass is 296 g/mol. The first kappa shape index (κ1) is 13.4. The summed E-state index contributed by atoms with van der Waals surface area (Å²) in [5, 5.41) is 10.2. The third-order valence-electron chi connectivity index (χ3n) is 2.99. The third-order valence-corrected chi connectivity index (χ3v) is 2.99. The van der Waals surface area contributed by atoms with Gasteiger partial charge in [-0.2, -0.15) is 23.4 Å². The zero-order valence-corrected chi connectivity index (χ0v) is 11.0. The fourth-order valence-corrected chi connectivity index (χ4v) is 2.04. The standard InChI is InChI=1S/C12H11F3N6/c1-20(7-8-2-3-17-18-8)11-9-6-10(12(13,14)15)19-21(9)5-4-16-11/h2-6H,7H2,1H3,(H,17,18). The number of halogens is 3. The quantitative estimate of drug-likeness (QED) is 0.804. The second-order valence-electron chi connectivity index (χ2n) is 4.55. The molecule has 110 valence electrons. The number of nitrogens with zero attached hydrogens (tertiary/aromatic N) is 5. The molecule has 0 radical (unpaired) electrons. The minimum atomic E-state index is -4.48. The number of H-pyrrole nitrogens is 1. The van der Waals surface area contributed by atoms with E-state index >= 15 is 0 Å². The molecule has 0 spiro atoms. The highest BCUT2D eigenvalue weighted by atomic mass is 19.4. The Morgan fingerprint density at radius 2 is 2.14 bits per heavy atom. The summed E-state index contributed by atoms with van der Waals surface area (Å²) in [7, 11) is 1.74. The van der Waals surface area contributed by atoms with Crippen molar-refractivity contribution in [2.75, 3.05) is 11.9 Å². The van der Waals surface area contributed by atoms with E-state index in [-0.39, 0.29) is 0 Å². The van der Waals surface area contributed by atoms with Gasteiger partial charge in [-0.25, -0.2) is 9.50 Å². The highest BCUT2D eigenvalue weighted by Gasteiger charge is 2.34. The molecule has 3 rings (SSSR count). The number of hydrogen-bond acceptors (Lipinski definition) is 4. The maximum absolute atomic E-state index is 12.7. The van der Waals surface area contributed by atoms with E-state index in [2.05, 4.69) is 20.3 Å². The molecule has 0 aliphatic rings. The Hall–Kier alpha value is -2.58. The molecule has 9 heteroatoms. The van der Waals surface area contributed by atoms with Gasteiger partial charge in [0.15, 0.2) is 11.5 Å². The molecule has 0 aliphatic carbocycles. The Morgan fingerprint density at radius 1 is 1.33 bits per heavy atom. The van der Waals surface area contributed by atoms with Crippen molar-refractivity contribution in [1.29, 1.82) is 0 Å². The smallest absolute Gasteiger partial charge is 0.352 e. The lowest BCUT2D eigenvalue weighted by Gasteiger charge is -2.17. The molecule has 0 aliphatic heterocycles. The summed E-state index contributed by atoms with van der Waals surface area (Å²) >= 11 is 0. The van der Waals surface area contributed by atoms with E-state index in [9.17, 15) is 13.2 Å². The van der Waals surface area contributed by atoms with Crippen LogP contribution in [0.3, 0.4) is 0 Å². The van der Waals surface area contributed by atoms with E-state index in [1.165, 1.54) is 16.9 Å². The van der Waals surface area contributed by atoms with Gasteiger partial charge >= 0.3 is 6.18 Å². The van der Waals surface area contributed by atoms with Crippen LogP contribution in [0.4, 0.5) is 19.0 Å². The van der Waals surface area contributed by atoms with Crippen molar-refractivity contribution in [1.82, 2.24) is 24.8 Å². The summed E-state index contributed by atoms with van der Waals surface area (Å²) in [6.45, 7) is 0.444. The molecule has 0 fully saturated rings. The van der Waals surface area contributed by atoms with Gasteiger partial charge in [0.2, 0.25) is 0 Å². The van der Waals surface area contributed by atoms with Gasteiger partial charge in [0, 0.05) is 31.7 Å². The fourth-order valence-electron chi connectivity index (χ4n) is 2.04. The highest BCUT2D eigenvalue weighted by molar-refractivity contribution is 5.69. The molecule has 1 N–H and O–H groups in total. The predicted octanol–water partition coefficient (Wildman–Crippen LogP) is 2.11. The predicted molar refractivity (Wildman–Crippen MR) is 68.7 cm³/mol. The minimum absolute atomic E-state index is 0.298. The van der Waals surface area contributed by atoms with Crippen LogP contribution in [0.1, 0.15) is 11.4 Å². The number of aromatic amines is 1. The maximum Gasteiger partial charge on any atom is 0.435 e. The molecule has 6 nitrogen and oxygen atoms in total. The summed E-state index contributed by atoms with van der Waals surface area (Å²) in [4.78, 5) is 5.87. The zero-order valence-electron chi connectivity index (χ0n) is 11.0. The van der Waals surface area contributed by atoms with Crippen molar-refractivity contribution in [2.24, 2.45) is 0 Å². The summed E-state index contributed by atoms with van der Waals surface area (Å²) < 4.78 is 39.4. The van der Waals surface area contributed by atoms with E-state index < -0.39 is 11.9 Å².